The standard InChI is InChI=1S/C8H18.C6H10O/c1-3-5-7-8-6-4-2;1-6-2-4-7-5-3-6/h3-8H2,1-2H3;2H,3-5H2,1H3. The first kappa shape index (κ1) is 14.7. The topological polar surface area (TPSA) is 9.23 Å². The first-order valence-corrected chi connectivity index (χ1v) is 6.54. The van der Waals surface area contributed by atoms with Crippen molar-refractivity contribution < 1.29 is 4.74 Å². The number of hydrogen-bond donors (Lipinski definition) is 0. The first-order valence-electron chi connectivity index (χ1n) is 6.54. The molecule has 0 aliphatic carbocycles. The fourth-order valence-electron chi connectivity index (χ4n) is 1.47. The van der Waals surface area contributed by atoms with Crippen LogP contribution in [0.15, 0.2) is 11.6 Å². The molecule has 0 bridgehead atoms. The third-order valence-electron chi connectivity index (χ3n) is 2.65. The van der Waals surface area contributed by atoms with Crippen molar-refractivity contribution in [2.45, 2.75) is 65.7 Å². The molecule has 0 unspecified atom stereocenters. The van der Waals surface area contributed by atoms with E-state index in [-0.39, 0.29) is 0 Å². The van der Waals surface area contributed by atoms with Crippen LogP contribution in [0.4, 0.5) is 0 Å². The highest BCUT2D eigenvalue weighted by Gasteiger charge is 1.94. The first-order chi connectivity index (χ1) is 7.31. The molecule has 1 heterocycles. The van der Waals surface area contributed by atoms with E-state index >= 15 is 0 Å². The smallest absolute Gasteiger partial charge is 0.0650 e. The molecular weight excluding hydrogens is 184 g/mol. The van der Waals surface area contributed by atoms with Gasteiger partial charge in [-0.1, -0.05) is 64.0 Å². The molecule has 90 valence electrons. The monoisotopic (exact) mass is 212 g/mol. The fraction of sp³-hybridized carbons (Fsp3) is 0.857. The molecule has 0 atom stereocenters. The zero-order chi connectivity index (χ0) is 11.4. The zero-order valence-electron chi connectivity index (χ0n) is 10.8. The van der Waals surface area contributed by atoms with Crippen molar-refractivity contribution in [1.82, 2.24) is 0 Å². The second kappa shape index (κ2) is 11.8. The molecule has 1 rings (SSSR count). The average molecular weight is 212 g/mol. The Labute approximate surface area is 95.9 Å². The molecule has 1 nitrogen and oxygen atoms in total. The van der Waals surface area contributed by atoms with E-state index in [4.69, 9.17) is 4.74 Å². The van der Waals surface area contributed by atoms with E-state index in [0.717, 1.165) is 19.6 Å². The summed E-state index contributed by atoms with van der Waals surface area (Å²) in [5.41, 5.74) is 1.46. The lowest BCUT2D eigenvalue weighted by Crippen LogP contribution is -2.01. The highest BCUT2D eigenvalue weighted by Crippen LogP contribution is 2.04. The Morgan fingerprint density at radius 1 is 1.07 bits per heavy atom. The highest BCUT2D eigenvalue weighted by atomic mass is 16.5. The van der Waals surface area contributed by atoms with Crippen LogP contribution in [-0.4, -0.2) is 13.2 Å². The predicted molar refractivity (Wildman–Crippen MR) is 68.2 cm³/mol. The van der Waals surface area contributed by atoms with Gasteiger partial charge in [0, 0.05) is 0 Å². The fourth-order valence-corrected chi connectivity index (χ4v) is 1.47. The number of hydrogen-bond acceptors (Lipinski definition) is 1. The predicted octanol–water partition coefficient (Wildman–Crippen LogP) is 4.72. The van der Waals surface area contributed by atoms with Crippen LogP contribution in [0.25, 0.3) is 0 Å². The van der Waals surface area contributed by atoms with Gasteiger partial charge in [0.15, 0.2) is 0 Å². The lowest BCUT2D eigenvalue weighted by Gasteiger charge is -2.07. The highest BCUT2D eigenvalue weighted by molar-refractivity contribution is 4.99. The summed E-state index contributed by atoms with van der Waals surface area (Å²) < 4.78 is 5.06. The lowest BCUT2D eigenvalue weighted by atomic mass is 10.1. The van der Waals surface area contributed by atoms with Crippen molar-refractivity contribution in [3.05, 3.63) is 11.6 Å². The van der Waals surface area contributed by atoms with E-state index in [9.17, 15) is 0 Å². The molecule has 0 amide bonds. The average Bonchev–Trinajstić information content (AvgIpc) is 2.27. The summed E-state index contributed by atoms with van der Waals surface area (Å²) in [6.07, 6.45) is 11.7. The molecule has 0 aromatic heterocycles. The van der Waals surface area contributed by atoms with Crippen LogP contribution in [0.1, 0.15) is 65.7 Å². The van der Waals surface area contributed by atoms with Gasteiger partial charge in [-0.2, -0.15) is 0 Å². The minimum atomic E-state index is 0.825. The SMILES string of the molecule is CC1=CCOCC1.CCCCCCCC. The lowest BCUT2D eigenvalue weighted by molar-refractivity contribution is 0.154. The van der Waals surface area contributed by atoms with E-state index < -0.39 is 0 Å². The minimum Gasteiger partial charge on any atom is -0.377 e. The summed E-state index contributed by atoms with van der Waals surface area (Å²) in [5.74, 6) is 0. The summed E-state index contributed by atoms with van der Waals surface area (Å²) in [4.78, 5) is 0. The molecule has 0 fully saturated rings. The maximum atomic E-state index is 5.06. The molecule has 15 heavy (non-hydrogen) atoms. The molecule has 1 heteroatoms. The van der Waals surface area contributed by atoms with Gasteiger partial charge in [-0.05, 0) is 13.3 Å². The maximum Gasteiger partial charge on any atom is 0.0650 e. The second-order valence-electron chi connectivity index (χ2n) is 4.29. The quantitative estimate of drug-likeness (QED) is 0.473. The summed E-state index contributed by atoms with van der Waals surface area (Å²) in [6.45, 7) is 8.40. The van der Waals surface area contributed by atoms with E-state index in [0.29, 0.717) is 0 Å². The molecule has 0 aromatic rings. The van der Waals surface area contributed by atoms with Crippen molar-refractivity contribution >= 4 is 0 Å². The third-order valence-corrected chi connectivity index (χ3v) is 2.65. The van der Waals surface area contributed by atoms with Gasteiger partial charge in [0.2, 0.25) is 0 Å². The molecule has 0 radical (unpaired) electrons. The molecular formula is C14H28O. The van der Waals surface area contributed by atoms with Gasteiger partial charge in [0.25, 0.3) is 0 Å². The van der Waals surface area contributed by atoms with Gasteiger partial charge in [-0.15, -0.1) is 0 Å². The van der Waals surface area contributed by atoms with Crippen LogP contribution in [-0.2, 0) is 4.74 Å². The second-order valence-corrected chi connectivity index (χ2v) is 4.29. The minimum absolute atomic E-state index is 0.825. The number of ether oxygens (including phenoxy) is 1. The van der Waals surface area contributed by atoms with Crippen molar-refractivity contribution in [2.75, 3.05) is 13.2 Å². The van der Waals surface area contributed by atoms with Crippen LogP contribution in [0.2, 0.25) is 0 Å². The van der Waals surface area contributed by atoms with Gasteiger partial charge in [0.05, 0.1) is 13.2 Å². The normalized spacial score (nSPS) is 15.3. The third kappa shape index (κ3) is 11.6. The Hall–Kier alpha value is -0.300. The molecule has 0 spiro atoms. The van der Waals surface area contributed by atoms with Crippen LogP contribution in [0, 0.1) is 0 Å². The van der Waals surface area contributed by atoms with Crippen LogP contribution < -0.4 is 0 Å². The van der Waals surface area contributed by atoms with Gasteiger partial charge >= 0.3 is 0 Å². The van der Waals surface area contributed by atoms with Gasteiger partial charge in [-0.25, -0.2) is 0 Å². The molecule has 0 saturated heterocycles. The number of unbranched alkanes of at least 4 members (excludes halogenated alkanes) is 5. The van der Waals surface area contributed by atoms with Gasteiger partial charge in [-0.3, -0.25) is 0 Å². The van der Waals surface area contributed by atoms with Crippen molar-refractivity contribution in [2.24, 2.45) is 0 Å². The summed E-state index contributed by atoms with van der Waals surface area (Å²) >= 11 is 0. The van der Waals surface area contributed by atoms with Crippen LogP contribution >= 0.6 is 0 Å². The van der Waals surface area contributed by atoms with E-state index in [1.165, 1.54) is 44.1 Å². The largest absolute Gasteiger partial charge is 0.377 e. The van der Waals surface area contributed by atoms with E-state index in [2.05, 4.69) is 26.8 Å². The molecule has 0 N–H and O–H groups in total. The Morgan fingerprint density at radius 3 is 1.93 bits per heavy atom. The Bertz CT molecular complexity index is 143. The molecule has 0 saturated carbocycles. The van der Waals surface area contributed by atoms with E-state index in [1.54, 1.807) is 0 Å². The van der Waals surface area contributed by atoms with Crippen LogP contribution in [0.5, 0.6) is 0 Å². The van der Waals surface area contributed by atoms with Gasteiger partial charge < -0.3 is 4.74 Å². The van der Waals surface area contributed by atoms with E-state index in [1.807, 2.05) is 0 Å². The molecule has 1 aliphatic heterocycles. The summed E-state index contributed by atoms with van der Waals surface area (Å²) in [7, 11) is 0. The zero-order valence-corrected chi connectivity index (χ0v) is 10.8. The molecule has 0 aromatic carbocycles. The summed E-state index contributed by atoms with van der Waals surface area (Å²) in [6, 6.07) is 0. The van der Waals surface area contributed by atoms with Gasteiger partial charge in [0.1, 0.15) is 0 Å². The van der Waals surface area contributed by atoms with Crippen molar-refractivity contribution in [3.63, 3.8) is 0 Å². The van der Waals surface area contributed by atoms with Crippen LogP contribution in [0.3, 0.4) is 0 Å². The maximum absolute atomic E-state index is 5.06. The number of rotatable bonds is 5. The Morgan fingerprint density at radius 2 is 1.67 bits per heavy atom. The van der Waals surface area contributed by atoms with Crippen molar-refractivity contribution in [1.29, 1.82) is 0 Å². The van der Waals surface area contributed by atoms with Crippen molar-refractivity contribution in [3.8, 4) is 0 Å². The summed E-state index contributed by atoms with van der Waals surface area (Å²) in [5, 5.41) is 0. The Balaban J connectivity index is 0.000000262. The Kier molecular flexibility index (Phi) is 11.5. The molecule has 1 aliphatic rings.